The number of piperidine rings is 2. The summed E-state index contributed by atoms with van der Waals surface area (Å²) in [5.74, 6) is 1.28. The molecule has 3 aromatic heterocycles. The number of aromatic amines is 1. The molecule has 150 valence electrons. The molecule has 0 aromatic carbocycles. The van der Waals surface area contributed by atoms with Crippen molar-refractivity contribution in [2.75, 3.05) is 31.1 Å². The van der Waals surface area contributed by atoms with Crippen LogP contribution in [0.15, 0.2) is 43.0 Å². The number of nitrogens with zero attached hydrogens (tertiary/aromatic N) is 5. The van der Waals surface area contributed by atoms with Crippen LogP contribution in [0.4, 0.5) is 5.82 Å². The summed E-state index contributed by atoms with van der Waals surface area (Å²) in [5.41, 5.74) is 2.07. The molecule has 2 fully saturated rings. The molecule has 7 heteroatoms. The van der Waals surface area contributed by atoms with E-state index in [2.05, 4.69) is 35.8 Å². The van der Waals surface area contributed by atoms with E-state index in [4.69, 9.17) is 0 Å². The SMILES string of the molecule is O=C1CC[C@@]2(CCCN(c3ncnc4[nH]ccc34)C2)CN1CCc1ccccn1. The Kier molecular flexibility index (Phi) is 4.66. The number of fused-ring (bicyclic) bond motifs is 1. The number of H-pyrrole nitrogens is 1. The zero-order valence-electron chi connectivity index (χ0n) is 16.5. The van der Waals surface area contributed by atoms with Gasteiger partial charge in [-0.1, -0.05) is 6.07 Å². The first-order chi connectivity index (χ1) is 14.2. The summed E-state index contributed by atoms with van der Waals surface area (Å²) >= 11 is 0. The van der Waals surface area contributed by atoms with Gasteiger partial charge in [-0.15, -0.1) is 0 Å². The number of hydrogen-bond donors (Lipinski definition) is 1. The van der Waals surface area contributed by atoms with Crippen molar-refractivity contribution in [2.24, 2.45) is 5.41 Å². The molecular weight excluding hydrogens is 364 g/mol. The molecule has 3 aromatic rings. The Morgan fingerprint density at radius 3 is 2.97 bits per heavy atom. The van der Waals surface area contributed by atoms with Crippen molar-refractivity contribution < 1.29 is 4.79 Å². The molecule has 0 aliphatic carbocycles. The van der Waals surface area contributed by atoms with Crippen LogP contribution in [0, 0.1) is 5.41 Å². The monoisotopic (exact) mass is 390 g/mol. The topological polar surface area (TPSA) is 78.0 Å². The van der Waals surface area contributed by atoms with E-state index < -0.39 is 0 Å². The van der Waals surface area contributed by atoms with Crippen LogP contribution in [0.25, 0.3) is 11.0 Å². The van der Waals surface area contributed by atoms with Gasteiger partial charge in [-0.2, -0.15) is 0 Å². The van der Waals surface area contributed by atoms with Gasteiger partial charge >= 0.3 is 0 Å². The number of carbonyl (C=O) groups is 1. The average Bonchev–Trinajstić information content (AvgIpc) is 3.24. The lowest BCUT2D eigenvalue weighted by molar-refractivity contribution is -0.137. The van der Waals surface area contributed by atoms with Gasteiger partial charge in [-0.05, 0) is 37.5 Å². The molecule has 0 saturated carbocycles. The van der Waals surface area contributed by atoms with E-state index in [0.717, 1.165) is 74.4 Å². The molecule has 0 bridgehead atoms. The van der Waals surface area contributed by atoms with Crippen LogP contribution in [-0.4, -0.2) is 56.9 Å². The summed E-state index contributed by atoms with van der Waals surface area (Å²) in [6, 6.07) is 8.01. The van der Waals surface area contributed by atoms with Crippen LogP contribution in [0.1, 0.15) is 31.4 Å². The van der Waals surface area contributed by atoms with Gasteiger partial charge in [0.15, 0.2) is 0 Å². The summed E-state index contributed by atoms with van der Waals surface area (Å²) in [6.07, 6.45) is 10.1. The highest BCUT2D eigenvalue weighted by Gasteiger charge is 2.42. The maximum absolute atomic E-state index is 12.6. The summed E-state index contributed by atoms with van der Waals surface area (Å²) in [5, 5.41) is 1.07. The molecule has 2 aliphatic rings. The largest absolute Gasteiger partial charge is 0.355 e. The van der Waals surface area contributed by atoms with Crippen molar-refractivity contribution in [3.8, 4) is 0 Å². The molecule has 0 radical (unpaired) electrons. The number of likely N-dealkylation sites (tertiary alicyclic amines) is 1. The molecule has 29 heavy (non-hydrogen) atoms. The highest BCUT2D eigenvalue weighted by atomic mass is 16.2. The number of rotatable bonds is 4. The summed E-state index contributed by atoms with van der Waals surface area (Å²) in [7, 11) is 0. The average molecular weight is 390 g/mol. The van der Waals surface area contributed by atoms with Gasteiger partial charge in [-0.25, -0.2) is 9.97 Å². The third-order valence-corrected chi connectivity index (χ3v) is 6.41. The van der Waals surface area contributed by atoms with Gasteiger partial charge in [-0.3, -0.25) is 9.78 Å². The Morgan fingerprint density at radius 2 is 2.07 bits per heavy atom. The van der Waals surface area contributed by atoms with Crippen LogP contribution in [-0.2, 0) is 11.2 Å². The highest BCUT2D eigenvalue weighted by Crippen LogP contribution is 2.40. The molecule has 1 spiro atoms. The number of hydrogen-bond acceptors (Lipinski definition) is 5. The van der Waals surface area contributed by atoms with Gasteiger partial charge in [0.25, 0.3) is 0 Å². The molecular formula is C22H26N6O. The Hall–Kier alpha value is -2.96. The minimum absolute atomic E-state index is 0.143. The summed E-state index contributed by atoms with van der Waals surface area (Å²) in [6.45, 7) is 3.52. The zero-order valence-corrected chi connectivity index (χ0v) is 16.5. The number of pyridine rings is 1. The van der Waals surface area contributed by atoms with Crippen LogP contribution in [0.5, 0.6) is 0 Å². The minimum atomic E-state index is 0.143. The van der Waals surface area contributed by atoms with Crippen LogP contribution in [0.3, 0.4) is 0 Å². The van der Waals surface area contributed by atoms with Gasteiger partial charge in [0.05, 0.1) is 5.39 Å². The molecule has 5 rings (SSSR count). The maximum Gasteiger partial charge on any atom is 0.222 e. The molecule has 1 atom stereocenters. The van der Waals surface area contributed by atoms with Gasteiger partial charge in [0, 0.05) is 62.5 Å². The number of aromatic nitrogens is 4. The Balaban J connectivity index is 1.33. The van der Waals surface area contributed by atoms with Crippen molar-refractivity contribution in [2.45, 2.75) is 32.1 Å². The fourth-order valence-corrected chi connectivity index (χ4v) is 4.93. The van der Waals surface area contributed by atoms with Gasteiger partial charge in [0.2, 0.25) is 5.91 Å². The van der Waals surface area contributed by atoms with E-state index in [1.807, 2.05) is 30.6 Å². The Morgan fingerprint density at radius 1 is 1.10 bits per heavy atom. The third-order valence-electron chi connectivity index (χ3n) is 6.41. The highest BCUT2D eigenvalue weighted by molar-refractivity contribution is 5.87. The van der Waals surface area contributed by atoms with E-state index in [9.17, 15) is 4.79 Å². The molecule has 0 unspecified atom stereocenters. The molecule has 1 amide bonds. The first kappa shape index (κ1) is 18.1. The van der Waals surface area contributed by atoms with Crippen molar-refractivity contribution in [1.82, 2.24) is 24.8 Å². The second-order valence-electron chi connectivity index (χ2n) is 8.35. The summed E-state index contributed by atoms with van der Waals surface area (Å²) < 4.78 is 0. The zero-order chi connectivity index (χ0) is 19.7. The number of anilines is 1. The van der Waals surface area contributed by atoms with Gasteiger partial charge < -0.3 is 14.8 Å². The van der Waals surface area contributed by atoms with E-state index in [0.29, 0.717) is 6.42 Å². The third kappa shape index (κ3) is 3.57. The van der Waals surface area contributed by atoms with Crippen molar-refractivity contribution in [3.63, 3.8) is 0 Å². The maximum atomic E-state index is 12.6. The van der Waals surface area contributed by atoms with E-state index in [1.165, 1.54) is 0 Å². The quantitative estimate of drug-likeness (QED) is 0.741. The van der Waals surface area contributed by atoms with Gasteiger partial charge in [0.1, 0.15) is 17.8 Å². The standard InChI is InChI=1S/C22H26N6O/c29-19-5-9-22(14-27(19)13-7-17-4-1-2-10-23-17)8-3-12-28(15-22)21-18-6-11-24-20(18)25-16-26-21/h1-2,4,6,10-11,16H,3,5,7-9,12-15H2,(H,24,25,26)/t22-/m0/s1. The smallest absolute Gasteiger partial charge is 0.222 e. The molecule has 5 heterocycles. The van der Waals surface area contributed by atoms with Crippen LogP contribution in [0.2, 0.25) is 0 Å². The Labute approximate surface area is 170 Å². The molecule has 7 nitrogen and oxygen atoms in total. The molecule has 1 N–H and O–H groups in total. The number of carbonyl (C=O) groups excluding carboxylic acids is 1. The fraction of sp³-hybridized carbons (Fsp3) is 0.455. The number of nitrogens with one attached hydrogen (secondary N) is 1. The first-order valence-corrected chi connectivity index (χ1v) is 10.4. The lowest BCUT2D eigenvalue weighted by Crippen LogP contribution is -2.54. The molecule has 2 saturated heterocycles. The lowest BCUT2D eigenvalue weighted by atomic mass is 9.73. The van der Waals surface area contributed by atoms with Crippen molar-refractivity contribution >= 4 is 22.8 Å². The Bertz CT molecular complexity index is 1000. The fourth-order valence-electron chi connectivity index (χ4n) is 4.93. The van der Waals surface area contributed by atoms with E-state index in [-0.39, 0.29) is 11.3 Å². The summed E-state index contributed by atoms with van der Waals surface area (Å²) in [4.78, 5) is 33.6. The normalized spacial score (nSPS) is 22.6. The second-order valence-corrected chi connectivity index (χ2v) is 8.35. The van der Waals surface area contributed by atoms with Crippen LogP contribution >= 0.6 is 0 Å². The minimum Gasteiger partial charge on any atom is -0.355 e. The second kappa shape index (κ2) is 7.46. The van der Waals surface area contributed by atoms with E-state index >= 15 is 0 Å². The van der Waals surface area contributed by atoms with E-state index in [1.54, 1.807) is 6.33 Å². The first-order valence-electron chi connectivity index (χ1n) is 10.4. The molecule has 2 aliphatic heterocycles. The van der Waals surface area contributed by atoms with Crippen molar-refractivity contribution in [3.05, 3.63) is 48.7 Å². The van der Waals surface area contributed by atoms with Crippen molar-refractivity contribution in [1.29, 1.82) is 0 Å². The number of amides is 1. The lowest BCUT2D eigenvalue weighted by Gasteiger charge is -2.48. The predicted octanol–water partition coefficient (Wildman–Crippen LogP) is 2.80. The predicted molar refractivity (Wildman–Crippen MR) is 112 cm³/mol. The van der Waals surface area contributed by atoms with Crippen LogP contribution < -0.4 is 4.90 Å².